The molecule has 2 aromatic rings. The number of hydrogen-bond acceptors (Lipinski definition) is 3. The number of nitrogens with zero attached hydrogens (tertiary/aromatic N) is 1. The Morgan fingerprint density at radius 1 is 1.18 bits per heavy atom. The molecule has 1 aliphatic rings. The summed E-state index contributed by atoms with van der Waals surface area (Å²) in [4.78, 5) is 12.8. The third-order valence-corrected chi connectivity index (χ3v) is 6.17. The minimum Gasteiger partial charge on any atom is -0.347 e. The van der Waals surface area contributed by atoms with Gasteiger partial charge in [-0.1, -0.05) is 24.3 Å². The van der Waals surface area contributed by atoms with Gasteiger partial charge in [0.2, 0.25) is 15.9 Å². The van der Waals surface area contributed by atoms with Gasteiger partial charge in [-0.05, 0) is 49.4 Å². The SMILES string of the molecule is C[C@H](C(=O)N[C@H]1CCCc2ccccc21)N(c1ccc(F)c(F)c1)S(C)(=O)=O. The highest BCUT2D eigenvalue weighted by molar-refractivity contribution is 7.92. The number of amides is 1. The summed E-state index contributed by atoms with van der Waals surface area (Å²) in [7, 11) is -3.91. The number of fused-ring (bicyclic) bond motifs is 1. The molecule has 1 N–H and O–H groups in total. The summed E-state index contributed by atoms with van der Waals surface area (Å²) in [5.74, 6) is -2.77. The second-order valence-electron chi connectivity index (χ2n) is 6.99. The molecule has 0 radical (unpaired) electrons. The second kappa shape index (κ2) is 7.87. The van der Waals surface area contributed by atoms with Crippen LogP contribution in [0.2, 0.25) is 0 Å². The predicted octanol–water partition coefficient (Wildman–Crippen LogP) is 3.31. The number of carbonyl (C=O) groups excluding carboxylic acids is 1. The summed E-state index contributed by atoms with van der Waals surface area (Å²) >= 11 is 0. The molecule has 0 aromatic heterocycles. The number of hydrogen-bond donors (Lipinski definition) is 1. The summed E-state index contributed by atoms with van der Waals surface area (Å²) in [6.45, 7) is 1.42. The highest BCUT2D eigenvalue weighted by Gasteiger charge is 2.32. The van der Waals surface area contributed by atoms with Crippen molar-refractivity contribution in [2.75, 3.05) is 10.6 Å². The fourth-order valence-corrected chi connectivity index (χ4v) is 4.79. The predicted molar refractivity (Wildman–Crippen MR) is 103 cm³/mol. The normalized spacial score (nSPS) is 17.5. The molecule has 1 aliphatic carbocycles. The van der Waals surface area contributed by atoms with E-state index in [-0.39, 0.29) is 11.7 Å². The van der Waals surface area contributed by atoms with E-state index < -0.39 is 33.6 Å². The molecule has 150 valence electrons. The standard InChI is InChI=1S/C20H22F2N2O3S/c1-13(24(28(2,26)27)15-10-11-17(21)18(22)12-15)20(25)23-19-9-5-7-14-6-3-4-8-16(14)19/h3-4,6,8,10-13,19H,5,7,9H2,1-2H3,(H,23,25)/t13-,19+/m1/s1. The van der Waals surface area contributed by atoms with Gasteiger partial charge in [0, 0.05) is 6.07 Å². The van der Waals surface area contributed by atoms with E-state index in [2.05, 4.69) is 5.32 Å². The first kappa shape index (κ1) is 20.3. The van der Waals surface area contributed by atoms with Gasteiger partial charge >= 0.3 is 0 Å². The van der Waals surface area contributed by atoms with Gasteiger partial charge in [-0.2, -0.15) is 0 Å². The first-order chi connectivity index (χ1) is 13.2. The number of rotatable bonds is 5. The fourth-order valence-electron chi connectivity index (χ4n) is 3.63. The van der Waals surface area contributed by atoms with Crippen molar-refractivity contribution < 1.29 is 22.0 Å². The van der Waals surface area contributed by atoms with Crippen molar-refractivity contribution in [3.8, 4) is 0 Å². The minimum absolute atomic E-state index is 0.104. The average Bonchev–Trinajstić information content (AvgIpc) is 2.64. The van der Waals surface area contributed by atoms with E-state index in [0.29, 0.717) is 0 Å². The lowest BCUT2D eigenvalue weighted by molar-refractivity contribution is -0.122. The molecule has 8 heteroatoms. The van der Waals surface area contributed by atoms with Gasteiger partial charge in [-0.25, -0.2) is 17.2 Å². The lowest BCUT2D eigenvalue weighted by atomic mass is 9.87. The molecule has 0 bridgehead atoms. The van der Waals surface area contributed by atoms with E-state index in [9.17, 15) is 22.0 Å². The molecule has 1 amide bonds. The number of aryl methyl sites for hydroxylation is 1. The van der Waals surface area contributed by atoms with Gasteiger partial charge in [0.15, 0.2) is 11.6 Å². The van der Waals surface area contributed by atoms with Crippen LogP contribution in [0, 0.1) is 11.6 Å². The van der Waals surface area contributed by atoms with E-state index >= 15 is 0 Å². The van der Waals surface area contributed by atoms with Crippen molar-refractivity contribution in [1.29, 1.82) is 0 Å². The third kappa shape index (κ3) is 4.16. The maximum atomic E-state index is 13.6. The van der Waals surface area contributed by atoms with Crippen LogP contribution in [0.1, 0.15) is 36.9 Å². The number of anilines is 1. The summed E-state index contributed by atoms with van der Waals surface area (Å²) in [6, 6.07) is 9.21. The van der Waals surface area contributed by atoms with E-state index in [1.807, 2.05) is 24.3 Å². The van der Waals surface area contributed by atoms with Gasteiger partial charge in [0.05, 0.1) is 18.0 Å². The second-order valence-corrected chi connectivity index (χ2v) is 8.84. The summed E-state index contributed by atoms with van der Waals surface area (Å²) < 4.78 is 52.3. The van der Waals surface area contributed by atoms with Crippen molar-refractivity contribution in [2.24, 2.45) is 0 Å². The van der Waals surface area contributed by atoms with Gasteiger partial charge in [0.25, 0.3) is 0 Å². The van der Waals surface area contributed by atoms with E-state index in [1.165, 1.54) is 6.92 Å². The Bertz CT molecular complexity index is 995. The van der Waals surface area contributed by atoms with Crippen molar-refractivity contribution >= 4 is 21.6 Å². The molecule has 0 heterocycles. The quantitative estimate of drug-likeness (QED) is 0.826. The van der Waals surface area contributed by atoms with Crippen LogP contribution in [0.5, 0.6) is 0 Å². The Morgan fingerprint density at radius 2 is 1.89 bits per heavy atom. The van der Waals surface area contributed by atoms with Gasteiger partial charge < -0.3 is 5.32 Å². The Kier molecular flexibility index (Phi) is 5.69. The molecule has 2 atom stereocenters. The van der Waals surface area contributed by atoms with Crippen molar-refractivity contribution in [1.82, 2.24) is 5.32 Å². The molecule has 28 heavy (non-hydrogen) atoms. The monoisotopic (exact) mass is 408 g/mol. The molecule has 0 saturated heterocycles. The van der Waals surface area contributed by atoms with Crippen LogP contribution in [-0.4, -0.2) is 26.6 Å². The zero-order valence-corrected chi connectivity index (χ0v) is 16.5. The molecule has 0 fully saturated rings. The maximum Gasteiger partial charge on any atom is 0.244 e. The minimum atomic E-state index is -3.91. The smallest absolute Gasteiger partial charge is 0.244 e. The number of halogens is 2. The van der Waals surface area contributed by atoms with E-state index in [0.717, 1.165) is 59.1 Å². The van der Waals surface area contributed by atoms with Gasteiger partial charge in [-0.15, -0.1) is 0 Å². The Balaban J connectivity index is 1.86. The number of nitrogens with one attached hydrogen (secondary N) is 1. The van der Waals surface area contributed by atoms with Crippen LogP contribution in [0.15, 0.2) is 42.5 Å². The highest BCUT2D eigenvalue weighted by Crippen LogP contribution is 2.30. The molecule has 5 nitrogen and oxygen atoms in total. The number of carbonyl (C=O) groups is 1. The number of sulfonamides is 1. The average molecular weight is 408 g/mol. The number of benzene rings is 2. The molecule has 2 aromatic carbocycles. The summed E-state index contributed by atoms with van der Waals surface area (Å²) in [5, 5.41) is 2.91. The summed E-state index contributed by atoms with van der Waals surface area (Å²) in [5.41, 5.74) is 2.08. The highest BCUT2D eigenvalue weighted by atomic mass is 32.2. The Morgan fingerprint density at radius 3 is 2.57 bits per heavy atom. The van der Waals surface area contributed by atoms with Crippen molar-refractivity contribution in [3.05, 3.63) is 65.2 Å². The first-order valence-corrected chi connectivity index (χ1v) is 10.9. The molecule has 3 rings (SSSR count). The largest absolute Gasteiger partial charge is 0.347 e. The maximum absolute atomic E-state index is 13.6. The zero-order valence-electron chi connectivity index (χ0n) is 15.7. The molecular weight excluding hydrogens is 386 g/mol. The van der Waals surface area contributed by atoms with Crippen molar-refractivity contribution in [2.45, 2.75) is 38.3 Å². The van der Waals surface area contributed by atoms with Crippen LogP contribution in [0.4, 0.5) is 14.5 Å². The third-order valence-electron chi connectivity index (χ3n) is 4.93. The Hall–Kier alpha value is -2.48. The molecule has 0 unspecified atom stereocenters. The first-order valence-electron chi connectivity index (χ1n) is 9.01. The molecular formula is C20H22F2N2O3S. The Labute approximate surface area is 163 Å². The molecule has 0 saturated carbocycles. The topological polar surface area (TPSA) is 66.5 Å². The van der Waals surface area contributed by atoms with Gasteiger partial charge in [0.1, 0.15) is 6.04 Å². The van der Waals surface area contributed by atoms with E-state index in [1.54, 1.807) is 0 Å². The molecule has 0 aliphatic heterocycles. The lowest BCUT2D eigenvalue weighted by Crippen LogP contribution is -2.49. The molecule has 0 spiro atoms. The summed E-state index contributed by atoms with van der Waals surface area (Å²) in [6.07, 6.45) is 3.52. The van der Waals surface area contributed by atoms with Gasteiger partial charge in [-0.3, -0.25) is 9.10 Å². The van der Waals surface area contributed by atoms with Crippen LogP contribution in [0.25, 0.3) is 0 Å². The van der Waals surface area contributed by atoms with Crippen LogP contribution in [0.3, 0.4) is 0 Å². The van der Waals surface area contributed by atoms with Crippen molar-refractivity contribution in [3.63, 3.8) is 0 Å². The van der Waals surface area contributed by atoms with Crippen LogP contribution < -0.4 is 9.62 Å². The van der Waals surface area contributed by atoms with Crippen LogP contribution in [-0.2, 0) is 21.2 Å². The van der Waals surface area contributed by atoms with Crippen LogP contribution >= 0.6 is 0 Å². The fraction of sp³-hybridized carbons (Fsp3) is 0.350. The van der Waals surface area contributed by atoms with E-state index in [4.69, 9.17) is 0 Å². The lowest BCUT2D eigenvalue weighted by Gasteiger charge is -2.31. The zero-order chi connectivity index (χ0) is 20.5.